The van der Waals surface area contributed by atoms with Gasteiger partial charge >= 0.3 is 0 Å². The number of sulfonamides is 1. The maximum atomic E-state index is 12.6. The van der Waals surface area contributed by atoms with Crippen molar-refractivity contribution in [2.75, 3.05) is 13.7 Å². The number of thiophene rings is 1. The third kappa shape index (κ3) is 5.18. The zero-order valence-corrected chi connectivity index (χ0v) is 16.5. The van der Waals surface area contributed by atoms with Crippen LogP contribution in [-0.4, -0.2) is 33.3 Å². The topological polar surface area (TPSA) is 75.6 Å². The second-order valence-corrected chi connectivity index (χ2v) is 9.29. The van der Waals surface area contributed by atoms with E-state index in [1.165, 1.54) is 6.07 Å². The second kappa shape index (κ2) is 9.00. The minimum atomic E-state index is -3.74. The molecule has 2 unspecified atom stereocenters. The van der Waals surface area contributed by atoms with Gasteiger partial charge in [0, 0.05) is 5.92 Å². The van der Waals surface area contributed by atoms with Crippen LogP contribution in [0.2, 0.25) is 4.34 Å². The summed E-state index contributed by atoms with van der Waals surface area (Å²) in [6.45, 7) is 1.73. The third-order valence-corrected chi connectivity index (χ3v) is 7.16. The molecular weight excluding hydrogens is 382 g/mol. The minimum Gasteiger partial charge on any atom is -0.497 e. The lowest BCUT2D eigenvalue weighted by molar-refractivity contribution is 0.234. The molecule has 2 aromatic rings. The van der Waals surface area contributed by atoms with E-state index in [1.807, 2.05) is 31.2 Å². The van der Waals surface area contributed by atoms with Crippen LogP contribution in [-0.2, 0) is 10.0 Å². The van der Waals surface area contributed by atoms with Crippen LogP contribution < -0.4 is 9.46 Å². The van der Waals surface area contributed by atoms with E-state index in [4.69, 9.17) is 16.3 Å². The standard InChI is InChI=1S/C17H22ClNO4S2/c1-3-4-14(12-5-7-13(23-2)8-6-12)15(11-20)19-25(21,22)17-10-9-16(18)24-17/h5-10,14-15,19-20H,3-4,11H2,1-2H3. The van der Waals surface area contributed by atoms with Crippen molar-refractivity contribution >= 4 is 33.0 Å². The Morgan fingerprint density at radius 2 is 1.92 bits per heavy atom. The predicted molar refractivity (Wildman–Crippen MR) is 101 cm³/mol. The molecule has 2 rings (SSSR count). The van der Waals surface area contributed by atoms with Gasteiger partial charge in [-0.3, -0.25) is 0 Å². The van der Waals surface area contributed by atoms with Gasteiger partial charge in [0.1, 0.15) is 9.96 Å². The molecule has 2 atom stereocenters. The van der Waals surface area contributed by atoms with Crippen LogP contribution >= 0.6 is 22.9 Å². The van der Waals surface area contributed by atoms with Crippen LogP contribution in [0.5, 0.6) is 5.75 Å². The molecule has 0 amide bonds. The highest BCUT2D eigenvalue weighted by atomic mass is 35.5. The Balaban J connectivity index is 2.27. The second-order valence-electron chi connectivity index (χ2n) is 5.64. The van der Waals surface area contributed by atoms with Crippen LogP contribution in [0.3, 0.4) is 0 Å². The first-order valence-corrected chi connectivity index (χ1v) is 10.6. The Kier molecular flexibility index (Phi) is 7.27. The van der Waals surface area contributed by atoms with Crippen molar-refractivity contribution in [1.29, 1.82) is 0 Å². The van der Waals surface area contributed by atoms with Gasteiger partial charge in [-0.1, -0.05) is 37.1 Å². The monoisotopic (exact) mass is 403 g/mol. The van der Waals surface area contributed by atoms with Crippen molar-refractivity contribution in [3.63, 3.8) is 0 Å². The Bertz CT molecular complexity index is 774. The Morgan fingerprint density at radius 3 is 2.40 bits per heavy atom. The summed E-state index contributed by atoms with van der Waals surface area (Å²) in [6.07, 6.45) is 1.60. The smallest absolute Gasteiger partial charge is 0.250 e. The van der Waals surface area contributed by atoms with E-state index in [0.717, 1.165) is 35.5 Å². The summed E-state index contributed by atoms with van der Waals surface area (Å²) >= 11 is 6.83. The Labute approximate surface area is 157 Å². The highest BCUT2D eigenvalue weighted by Crippen LogP contribution is 2.30. The molecule has 0 radical (unpaired) electrons. The van der Waals surface area contributed by atoms with Gasteiger partial charge in [-0.25, -0.2) is 13.1 Å². The zero-order valence-electron chi connectivity index (χ0n) is 14.1. The van der Waals surface area contributed by atoms with Crippen LogP contribution in [0.25, 0.3) is 0 Å². The van der Waals surface area contributed by atoms with Gasteiger partial charge in [0.05, 0.1) is 24.1 Å². The van der Waals surface area contributed by atoms with E-state index in [-0.39, 0.29) is 16.7 Å². The number of methoxy groups -OCH3 is 1. The zero-order chi connectivity index (χ0) is 18.4. The van der Waals surface area contributed by atoms with E-state index < -0.39 is 16.1 Å². The van der Waals surface area contributed by atoms with E-state index in [1.54, 1.807) is 13.2 Å². The fourth-order valence-corrected chi connectivity index (χ4v) is 5.48. The first kappa shape index (κ1) is 20.2. The molecule has 0 aliphatic carbocycles. The quantitative estimate of drug-likeness (QED) is 0.670. The largest absolute Gasteiger partial charge is 0.497 e. The maximum Gasteiger partial charge on any atom is 0.250 e. The molecule has 2 N–H and O–H groups in total. The van der Waals surface area contributed by atoms with E-state index in [9.17, 15) is 13.5 Å². The molecular formula is C17H22ClNO4S2. The summed E-state index contributed by atoms with van der Waals surface area (Å²) in [6, 6.07) is 9.85. The number of nitrogens with one attached hydrogen (secondary N) is 1. The molecule has 8 heteroatoms. The average Bonchev–Trinajstić information content (AvgIpc) is 3.05. The molecule has 138 valence electrons. The molecule has 1 aromatic carbocycles. The van der Waals surface area contributed by atoms with Crippen molar-refractivity contribution in [3.8, 4) is 5.75 Å². The van der Waals surface area contributed by atoms with Gasteiger partial charge in [0.15, 0.2) is 0 Å². The number of ether oxygens (including phenoxy) is 1. The summed E-state index contributed by atoms with van der Waals surface area (Å²) in [5.41, 5.74) is 0.952. The summed E-state index contributed by atoms with van der Waals surface area (Å²) < 4.78 is 33.5. The molecule has 0 bridgehead atoms. The van der Waals surface area contributed by atoms with E-state index >= 15 is 0 Å². The number of rotatable bonds is 9. The van der Waals surface area contributed by atoms with Gasteiger partial charge in [-0.2, -0.15) is 0 Å². The molecule has 0 fully saturated rings. The lowest BCUT2D eigenvalue weighted by Gasteiger charge is -2.26. The van der Waals surface area contributed by atoms with Crippen molar-refractivity contribution < 1.29 is 18.3 Å². The highest BCUT2D eigenvalue weighted by molar-refractivity contribution is 7.91. The molecule has 25 heavy (non-hydrogen) atoms. The number of aliphatic hydroxyl groups is 1. The molecule has 5 nitrogen and oxygen atoms in total. The van der Waals surface area contributed by atoms with Crippen LogP contribution in [0, 0.1) is 0 Å². The van der Waals surface area contributed by atoms with E-state index in [0.29, 0.717) is 4.34 Å². The van der Waals surface area contributed by atoms with Crippen molar-refractivity contribution in [1.82, 2.24) is 4.72 Å². The van der Waals surface area contributed by atoms with Crippen molar-refractivity contribution in [2.24, 2.45) is 0 Å². The van der Waals surface area contributed by atoms with Crippen LogP contribution in [0.4, 0.5) is 0 Å². The Hall–Kier alpha value is -1.12. The van der Waals surface area contributed by atoms with Crippen LogP contribution in [0.15, 0.2) is 40.6 Å². The molecule has 0 aliphatic rings. The predicted octanol–water partition coefficient (Wildman–Crippen LogP) is 3.63. The minimum absolute atomic E-state index is 0.140. The molecule has 0 saturated heterocycles. The summed E-state index contributed by atoms with van der Waals surface area (Å²) in [5, 5.41) is 9.83. The fourth-order valence-electron chi connectivity index (χ4n) is 2.71. The maximum absolute atomic E-state index is 12.6. The summed E-state index contributed by atoms with van der Waals surface area (Å²) in [5.74, 6) is 0.583. The van der Waals surface area contributed by atoms with Gasteiger partial charge in [0.25, 0.3) is 0 Å². The average molecular weight is 404 g/mol. The molecule has 0 aliphatic heterocycles. The first-order chi connectivity index (χ1) is 11.9. The molecule has 0 spiro atoms. The number of hydrogen-bond acceptors (Lipinski definition) is 5. The lowest BCUT2D eigenvalue weighted by Crippen LogP contribution is -2.41. The Morgan fingerprint density at radius 1 is 1.24 bits per heavy atom. The molecule has 1 heterocycles. The summed E-state index contributed by atoms with van der Waals surface area (Å²) in [7, 11) is -2.14. The highest BCUT2D eigenvalue weighted by Gasteiger charge is 2.28. The number of benzene rings is 1. The SMILES string of the molecule is CCCC(c1ccc(OC)cc1)C(CO)NS(=O)(=O)c1ccc(Cl)s1. The van der Waals surface area contributed by atoms with E-state index in [2.05, 4.69) is 4.72 Å². The number of hydrogen-bond donors (Lipinski definition) is 2. The molecule has 1 aromatic heterocycles. The lowest BCUT2D eigenvalue weighted by atomic mass is 9.88. The van der Waals surface area contributed by atoms with Gasteiger partial charge in [-0.15, -0.1) is 11.3 Å². The normalized spacial score (nSPS) is 14.2. The third-order valence-electron chi connectivity index (χ3n) is 3.95. The fraction of sp³-hybridized carbons (Fsp3) is 0.412. The summed E-state index contributed by atoms with van der Waals surface area (Å²) in [4.78, 5) is 0. The first-order valence-electron chi connectivity index (χ1n) is 7.93. The van der Waals surface area contributed by atoms with Crippen LogP contribution in [0.1, 0.15) is 31.2 Å². The van der Waals surface area contributed by atoms with Crippen molar-refractivity contribution in [2.45, 2.75) is 35.9 Å². The van der Waals surface area contributed by atoms with Crippen molar-refractivity contribution in [3.05, 3.63) is 46.3 Å². The van der Waals surface area contributed by atoms with Gasteiger partial charge < -0.3 is 9.84 Å². The number of halogens is 1. The van der Waals surface area contributed by atoms with Gasteiger partial charge in [0.2, 0.25) is 10.0 Å². The number of aliphatic hydroxyl groups excluding tert-OH is 1. The van der Waals surface area contributed by atoms with Gasteiger partial charge in [-0.05, 0) is 36.2 Å². The molecule has 0 saturated carbocycles.